The number of anilines is 1. The van der Waals surface area contributed by atoms with Crippen molar-refractivity contribution in [3.05, 3.63) is 58.6 Å². The highest BCUT2D eigenvalue weighted by molar-refractivity contribution is 6.31. The van der Waals surface area contributed by atoms with Gasteiger partial charge in [-0.05, 0) is 42.3 Å². The summed E-state index contributed by atoms with van der Waals surface area (Å²) in [6, 6.07) is 13.5. The number of nitrogens with two attached hydrogens (primary N) is 1. The predicted molar refractivity (Wildman–Crippen MR) is 76.0 cm³/mol. The molecule has 2 N–H and O–H groups in total. The average Bonchev–Trinajstić information content (AvgIpc) is 2.40. The van der Waals surface area contributed by atoms with Gasteiger partial charge in [-0.1, -0.05) is 30.7 Å². The second-order valence-corrected chi connectivity index (χ2v) is 4.54. The van der Waals surface area contributed by atoms with E-state index in [0.29, 0.717) is 17.3 Å². The zero-order valence-electron chi connectivity index (χ0n) is 10.3. The first-order chi connectivity index (χ1) is 8.69. The third-order valence-corrected chi connectivity index (χ3v) is 3.16. The molecule has 0 aliphatic heterocycles. The lowest BCUT2D eigenvalue weighted by Gasteiger charge is -2.09. The second-order valence-electron chi connectivity index (χ2n) is 4.14. The van der Waals surface area contributed by atoms with Crippen LogP contribution in [0.3, 0.4) is 0 Å². The van der Waals surface area contributed by atoms with Gasteiger partial charge in [0.2, 0.25) is 0 Å². The fraction of sp³-hybridized carbons (Fsp3) is 0.200. The normalized spacial score (nSPS) is 10.3. The fourth-order valence-electron chi connectivity index (χ4n) is 1.69. The lowest BCUT2D eigenvalue weighted by atomic mass is 10.2. The number of rotatable bonds is 4. The zero-order valence-corrected chi connectivity index (χ0v) is 11.1. The fourth-order valence-corrected chi connectivity index (χ4v) is 1.86. The summed E-state index contributed by atoms with van der Waals surface area (Å²) in [5.74, 6) is 0.839. The van der Waals surface area contributed by atoms with Crippen LogP contribution in [0, 0.1) is 0 Å². The van der Waals surface area contributed by atoms with Crippen molar-refractivity contribution in [2.24, 2.45) is 0 Å². The summed E-state index contributed by atoms with van der Waals surface area (Å²) < 4.78 is 5.69. The molecule has 0 saturated heterocycles. The molecule has 0 bridgehead atoms. The first-order valence-corrected chi connectivity index (χ1v) is 6.32. The van der Waals surface area contributed by atoms with Crippen molar-refractivity contribution in [1.29, 1.82) is 0 Å². The summed E-state index contributed by atoms with van der Waals surface area (Å²) >= 11 is 6.07. The second kappa shape index (κ2) is 5.78. The van der Waals surface area contributed by atoms with Crippen LogP contribution in [0.15, 0.2) is 42.5 Å². The molecule has 0 amide bonds. The van der Waals surface area contributed by atoms with Crippen LogP contribution in [0.2, 0.25) is 5.02 Å². The zero-order chi connectivity index (χ0) is 13.0. The Bertz CT molecular complexity index is 523. The Labute approximate surface area is 112 Å². The minimum absolute atomic E-state index is 0.426. The largest absolute Gasteiger partial charge is 0.489 e. The summed E-state index contributed by atoms with van der Waals surface area (Å²) in [4.78, 5) is 0. The van der Waals surface area contributed by atoms with Crippen LogP contribution in [0.25, 0.3) is 0 Å². The Morgan fingerprint density at radius 1 is 1.11 bits per heavy atom. The number of ether oxygens (including phenoxy) is 1. The third kappa shape index (κ3) is 3.17. The van der Waals surface area contributed by atoms with E-state index in [1.54, 1.807) is 12.1 Å². The summed E-state index contributed by atoms with van der Waals surface area (Å²) in [7, 11) is 0. The van der Waals surface area contributed by atoms with E-state index in [4.69, 9.17) is 22.1 Å². The van der Waals surface area contributed by atoms with Gasteiger partial charge >= 0.3 is 0 Å². The van der Waals surface area contributed by atoms with E-state index in [1.165, 1.54) is 5.56 Å². The van der Waals surface area contributed by atoms with E-state index in [1.807, 2.05) is 18.2 Å². The Kier molecular flexibility index (Phi) is 4.11. The first-order valence-electron chi connectivity index (χ1n) is 5.94. The quantitative estimate of drug-likeness (QED) is 0.843. The molecule has 2 aromatic rings. The molecule has 2 nitrogen and oxygen atoms in total. The molecule has 0 aromatic heterocycles. The van der Waals surface area contributed by atoms with Crippen LogP contribution in [0.5, 0.6) is 5.75 Å². The van der Waals surface area contributed by atoms with E-state index >= 15 is 0 Å². The van der Waals surface area contributed by atoms with Gasteiger partial charge in [-0.3, -0.25) is 0 Å². The number of hydrogen-bond acceptors (Lipinski definition) is 2. The number of halogens is 1. The molecule has 0 radical (unpaired) electrons. The average molecular weight is 262 g/mol. The molecule has 0 aliphatic carbocycles. The lowest BCUT2D eigenvalue weighted by Crippen LogP contribution is -1.98. The topological polar surface area (TPSA) is 35.2 Å². The standard InChI is InChI=1S/C15H16ClNO/c1-2-11-3-6-14(7-4-11)18-10-12-9-13(17)5-8-15(12)16/h3-9H,2,10,17H2,1H3. The van der Waals surface area contributed by atoms with Gasteiger partial charge in [0.05, 0.1) is 0 Å². The molecule has 0 saturated carbocycles. The molecule has 0 unspecified atom stereocenters. The molecule has 0 heterocycles. The van der Waals surface area contributed by atoms with Crippen LogP contribution < -0.4 is 10.5 Å². The smallest absolute Gasteiger partial charge is 0.119 e. The molecule has 2 rings (SSSR count). The maximum atomic E-state index is 6.07. The minimum atomic E-state index is 0.426. The monoisotopic (exact) mass is 261 g/mol. The molecule has 3 heteroatoms. The van der Waals surface area contributed by atoms with Crippen molar-refractivity contribution in [3.63, 3.8) is 0 Å². The van der Waals surface area contributed by atoms with Crippen LogP contribution in [-0.2, 0) is 13.0 Å². The molecule has 18 heavy (non-hydrogen) atoms. The van der Waals surface area contributed by atoms with Gasteiger partial charge < -0.3 is 10.5 Å². The van der Waals surface area contributed by atoms with E-state index < -0.39 is 0 Å². The maximum absolute atomic E-state index is 6.07. The number of nitrogen functional groups attached to an aromatic ring is 1. The molecular weight excluding hydrogens is 246 g/mol. The molecular formula is C15H16ClNO. The van der Waals surface area contributed by atoms with Gasteiger partial charge in [0.15, 0.2) is 0 Å². The summed E-state index contributed by atoms with van der Waals surface area (Å²) in [5, 5.41) is 0.675. The van der Waals surface area contributed by atoms with Crippen LogP contribution in [0.1, 0.15) is 18.1 Å². The molecule has 0 aliphatic rings. The highest BCUT2D eigenvalue weighted by Crippen LogP contribution is 2.21. The number of benzene rings is 2. The van der Waals surface area contributed by atoms with Crippen LogP contribution >= 0.6 is 11.6 Å². The molecule has 0 atom stereocenters. The Balaban J connectivity index is 2.04. The van der Waals surface area contributed by atoms with Crippen molar-refractivity contribution in [2.45, 2.75) is 20.0 Å². The number of hydrogen-bond donors (Lipinski definition) is 1. The molecule has 0 spiro atoms. The van der Waals surface area contributed by atoms with E-state index in [9.17, 15) is 0 Å². The van der Waals surface area contributed by atoms with Crippen LogP contribution in [0.4, 0.5) is 5.69 Å². The highest BCUT2D eigenvalue weighted by atomic mass is 35.5. The van der Waals surface area contributed by atoms with Gasteiger partial charge in [-0.2, -0.15) is 0 Å². The van der Waals surface area contributed by atoms with Gasteiger partial charge in [-0.15, -0.1) is 0 Å². The highest BCUT2D eigenvalue weighted by Gasteiger charge is 2.02. The van der Waals surface area contributed by atoms with Gasteiger partial charge in [0, 0.05) is 16.3 Å². The SMILES string of the molecule is CCc1ccc(OCc2cc(N)ccc2Cl)cc1. The van der Waals surface area contributed by atoms with Crippen molar-refractivity contribution >= 4 is 17.3 Å². The molecule has 94 valence electrons. The van der Waals surface area contributed by atoms with Crippen molar-refractivity contribution in [2.75, 3.05) is 5.73 Å². The van der Waals surface area contributed by atoms with Crippen LogP contribution in [-0.4, -0.2) is 0 Å². The van der Waals surface area contributed by atoms with Gasteiger partial charge in [-0.25, -0.2) is 0 Å². The summed E-state index contributed by atoms with van der Waals surface area (Å²) in [5.41, 5.74) is 8.61. The van der Waals surface area contributed by atoms with E-state index in [2.05, 4.69) is 19.1 Å². The van der Waals surface area contributed by atoms with Crippen molar-refractivity contribution in [1.82, 2.24) is 0 Å². The number of aryl methyl sites for hydroxylation is 1. The third-order valence-electron chi connectivity index (χ3n) is 2.80. The Morgan fingerprint density at radius 3 is 2.50 bits per heavy atom. The maximum Gasteiger partial charge on any atom is 0.119 e. The lowest BCUT2D eigenvalue weighted by molar-refractivity contribution is 0.306. The summed E-state index contributed by atoms with van der Waals surface area (Å²) in [6.07, 6.45) is 1.03. The van der Waals surface area contributed by atoms with Crippen molar-refractivity contribution < 1.29 is 4.74 Å². The Hall–Kier alpha value is -1.67. The predicted octanol–water partition coefficient (Wildman–Crippen LogP) is 4.06. The van der Waals surface area contributed by atoms with E-state index in [0.717, 1.165) is 17.7 Å². The van der Waals surface area contributed by atoms with E-state index in [-0.39, 0.29) is 0 Å². The van der Waals surface area contributed by atoms with Gasteiger partial charge in [0.25, 0.3) is 0 Å². The summed E-state index contributed by atoms with van der Waals surface area (Å²) in [6.45, 7) is 2.55. The minimum Gasteiger partial charge on any atom is -0.489 e. The molecule has 2 aromatic carbocycles. The Morgan fingerprint density at radius 2 is 1.83 bits per heavy atom. The molecule has 0 fully saturated rings. The first kappa shape index (κ1) is 12.8. The van der Waals surface area contributed by atoms with Crippen molar-refractivity contribution in [3.8, 4) is 5.75 Å². The van der Waals surface area contributed by atoms with Gasteiger partial charge in [0.1, 0.15) is 12.4 Å².